The van der Waals surface area contributed by atoms with E-state index in [2.05, 4.69) is 6.92 Å². The van der Waals surface area contributed by atoms with Crippen LogP contribution in [0.2, 0.25) is 0 Å². The van der Waals surface area contributed by atoms with Crippen LogP contribution < -0.4 is 0 Å². The Morgan fingerprint density at radius 3 is 2.55 bits per heavy atom. The molecular weight excluding hydrogens is 156 g/mol. The molecule has 0 bridgehead atoms. The van der Waals surface area contributed by atoms with Crippen LogP contribution in [0.25, 0.3) is 0 Å². The molecule has 0 aliphatic heterocycles. The summed E-state index contributed by atoms with van der Waals surface area (Å²) in [4.78, 5) is 0. The quantitative estimate of drug-likeness (QED) is 0.562. The lowest BCUT2D eigenvalue weighted by Crippen LogP contribution is -2.26. The maximum absolute atomic E-state index is 5.53. The van der Waals surface area contributed by atoms with Crippen molar-refractivity contribution in [1.29, 1.82) is 0 Å². The zero-order chi connectivity index (χ0) is 8.27. The number of rotatable bonds is 1. The van der Waals surface area contributed by atoms with E-state index in [1.54, 1.807) is 0 Å². The molecule has 1 aliphatic carbocycles. The van der Waals surface area contributed by atoms with Gasteiger partial charge >= 0.3 is 0 Å². The Hall–Kier alpha value is -0.110. The Morgan fingerprint density at radius 2 is 2.00 bits per heavy atom. The van der Waals surface area contributed by atoms with Gasteiger partial charge in [0.05, 0.1) is 0 Å². The largest absolute Gasteiger partial charge is 0.484 e. The second kappa shape index (κ2) is 4.05. The Morgan fingerprint density at radius 1 is 1.36 bits per heavy atom. The minimum atomic E-state index is 0.404. The van der Waals surface area contributed by atoms with E-state index in [1.165, 1.54) is 25.7 Å². The van der Waals surface area contributed by atoms with Crippen molar-refractivity contribution >= 4 is 17.3 Å². The fourth-order valence-corrected chi connectivity index (χ4v) is 1.79. The summed E-state index contributed by atoms with van der Waals surface area (Å²) in [5.41, 5.74) is 0. The third kappa shape index (κ3) is 2.78. The highest BCUT2D eigenvalue weighted by Crippen LogP contribution is 2.26. The van der Waals surface area contributed by atoms with Gasteiger partial charge in [0.2, 0.25) is 0 Å². The fourth-order valence-electron chi connectivity index (χ4n) is 1.67. The van der Waals surface area contributed by atoms with Crippen molar-refractivity contribution in [2.45, 2.75) is 45.6 Å². The van der Waals surface area contributed by atoms with E-state index < -0.39 is 0 Å². The highest BCUT2D eigenvalue weighted by atomic mass is 32.1. The molecule has 0 unspecified atom stereocenters. The van der Waals surface area contributed by atoms with Crippen LogP contribution in [0.1, 0.15) is 39.5 Å². The molecule has 2 atom stereocenters. The molecular formula is C9H16OS. The summed E-state index contributed by atoms with van der Waals surface area (Å²) < 4.78 is 5.53. The summed E-state index contributed by atoms with van der Waals surface area (Å²) in [6.07, 6.45) is 5.55. The molecule has 0 saturated heterocycles. The van der Waals surface area contributed by atoms with Gasteiger partial charge in [0.25, 0.3) is 0 Å². The highest BCUT2D eigenvalue weighted by Gasteiger charge is 2.22. The van der Waals surface area contributed by atoms with Gasteiger partial charge in [-0.05, 0) is 37.4 Å². The third-order valence-corrected chi connectivity index (χ3v) is 2.45. The molecule has 1 nitrogen and oxygen atoms in total. The molecule has 1 saturated carbocycles. The molecule has 0 radical (unpaired) electrons. The molecule has 0 aromatic carbocycles. The van der Waals surface area contributed by atoms with Crippen LogP contribution >= 0.6 is 12.2 Å². The molecule has 0 N–H and O–H groups in total. The fraction of sp³-hybridized carbons (Fsp3) is 0.889. The molecule has 64 valence electrons. The minimum Gasteiger partial charge on any atom is -0.484 e. The standard InChI is InChI=1S/C9H16OS/c1-7-5-3-4-6-9(7)10-8(2)11/h7,9H,3-6H2,1-2H3/t7-,9-/m1/s1. The summed E-state index contributed by atoms with van der Waals surface area (Å²) >= 11 is 4.91. The first-order valence-corrected chi connectivity index (χ1v) is 4.78. The lowest BCUT2D eigenvalue weighted by atomic mass is 9.88. The van der Waals surface area contributed by atoms with Crippen LogP contribution in [-0.2, 0) is 4.74 Å². The topological polar surface area (TPSA) is 9.23 Å². The van der Waals surface area contributed by atoms with Crippen molar-refractivity contribution in [3.05, 3.63) is 0 Å². The van der Waals surface area contributed by atoms with Gasteiger partial charge < -0.3 is 4.74 Å². The smallest absolute Gasteiger partial charge is 0.157 e. The minimum absolute atomic E-state index is 0.404. The maximum atomic E-state index is 5.53. The third-order valence-electron chi connectivity index (χ3n) is 2.35. The molecule has 0 spiro atoms. The molecule has 0 aromatic rings. The maximum Gasteiger partial charge on any atom is 0.157 e. The predicted octanol–water partition coefficient (Wildman–Crippen LogP) is 2.93. The van der Waals surface area contributed by atoms with Crippen molar-refractivity contribution in [1.82, 2.24) is 0 Å². The molecule has 0 amide bonds. The Labute approximate surface area is 74.1 Å². The van der Waals surface area contributed by atoms with Crippen LogP contribution in [0.5, 0.6) is 0 Å². The van der Waals surface area contributed by atoms with E-state index in [0.29, 0.717) is 17.1 Å². The molecule has 1 fully saturated rings. The summed E-state index contributed by atoms with van der Waals surface area (Å²) in [6, 6.07) is 0. The molecule has 0 aromatic heterocycles. The number of hydrogen-bond donors (Lipinski definition) is 0. The van der Waals surface area contributed by atoms with Gasteiger partial charge in [-0.1, -0.05) is 13.3 Å². The van der Waals surface area contributed by atoms with E-state index in [0.717, 1.165) is 0 Å². The SMILES string of the molecule is CC(=S)O[C@@H]1CCCC[C@H]1C. The second-order valence-corrected chi connectivity index (χ2v) is 3.98. The van der Waals surface area contributed by atoms with Crippen molar-refractivity contribution < 1.29 is 4.74 Å². The Bertz CT molecular complexity index is 144. The van der Waals surface area contributed by atoms with E-state index in [9.17, 15) is 0 Å². The average Bonchev–Trinajstić information content (AvgIpc) is 1.93. The molecule has 11 heavy (non-hydrogen) atoms. The van der Waals surface area contributed by atoms with Gasteiger partial charge in [-0.15, -0.1) is 0 Å². The van der Waals surface area contributed by atoms with Gasteiger partial charge in [-0.25, -0.2) is 0 Å². The van der Waals surface area contributed by atoms with Gasteiger partial charge in [0.1, 0.15) is 6.10 Å². The summed E-state index contributed by atoms with van der Waals surface area (Å²) in [7, 11) is 0. The van der Waals surface area contributed by atoms with Crippen molar-refractivity contribution in [3.63, 3.8) is 0 Å². The van der Waals surface area contributed by atoms with Crippen LogP contribution in [0.15, 0.2) is 0 Å². The molecule has 1 aliphatic rings. The van der Waals surface area contributed by atoms with Gasteiger partial charge in [-0.3, -0.25) is 0 Å². The van der Waals surface area contributed by atoms with Crippen molar-refractivity contribution in [3.8, 4) is 0 Å². The summed E-state index contributed by atoms with van der Waals surface area (Å²) in [5.74, 6) is 0.696. The molecule has 0 heterocycles. The van der Waals surface area contributed by atoms with Crippen LogP contribution in [0, 0.1) is 5.92 Å². The summed E-state index contributed by atoms with van der Waals surface area (Å²) in [5, 5.41) is 0.698. The normalized spacial score (nSPS) is 31.5. The van der Waals surface area contributed by atoms with Crippen LogP contribution in [0.3, 0.4) is 0 Å². The Balaban J connectivity index is 2.35. The average molecular weight is 172 g/mol. The van der Waals surface area contributed by atoms with Crippen molar-refractivity contribution in [2.24, 2.45) is 5.92 Å². The molecule has 1 rings (SSSR count). The van der Waals surface area contributed by atoms with Gasteiger partial charge in [0.15, 0.2) is 5.05 Å². The monoisotopic (exact) mass is 172 g/mol. The first kappa shape index (κ1) is 8.98. The van der Waals surface area contributed by atoms with E-state index in [-0.39, 0.29) is 0 Å². The van der Waals surface area contributed by atoms with E-state index in [1.807, 2.05) is 6.92 Å². The van der Waals surface area contributed by atoms with Crippen molar-refractivity contribution in [2.75, 3.05) is 0 Å². The number of thiocarbonyl (C=S) groups is 1. The molecule has 2 heteroatoms. The predicted molar refractivity (Wildman–Crippen MR) is 50.8 cm³/mol. The van der Waals surface area contributed by atoms with Gasteiger partial charge in [-0.2, -0.15) is 0 Å². The van der Waals surface area contributed by atoms with Crippen LogP contribution in [0.4, 0.5) is 0 Å². The lowest BCUT2D eigenvalue weighted by molar-refractivity contribution is 0.0942. The van der Waals surface area contributed by atoms with Crippen LogP contribution in [-0.4, -0.2) is 11.2 Å². The van der Waals surface area contributed by atoms with E-state index in [4.69, 9.17) is 17.0 Å². The number of hydrogen-bond acceptors (Lipinski definition) is 2. The lowest BCUT2D eigenvalue weighted by Gasteiger charge is -2.28. The second-order valence-electron chi connectivity index (χ2n) is 3.41. The van der Waals surface area contributed by atoms with Gasteiger partial charge in [0, 0.05) is 6.92 Å². The number of ether oxygens (including phenoxy) is 1. The zero-order valence-corrected chi connectivity index (χ0v) is 8.12. The summed E-state index contributed by atoms with van der Waals surface area (Å²) in [6.45, 7) is 4.11. The first-order valence-electron chi connectivity index (χ1n) is 4.37. The zero-order valence-electron chi connectivity index (χ0n) is 7.30. The van der Waals surface area contributed by atoms with E-state index >= 15 is 0 Å². The highest BCUT2D eigenvalue weighted by molar-refractivity contribution is 7.80. The Kier molecular flexibility index (Phi) is 3.31. The first-order chi connectivity index (χ1) is 5.20.